The molecule has 0 spiro atoms. The van der Waals surface area contributed by atoms with E-state index in [0.29, 0.717) is 6.54 Å². The van der Waals surface area contributed by atoms with Gasteiger partial charge in [-0.3, -0.25) is 0 Å². The van der Waals surface area contributed by atoms with Crippen molar-refractivity contribution < 1.29 is 17.9 Å². The van der Waals surface area contributed by atoms with Crippen LogP contribution in [0.5, 0.6) is 0 Å². The number of nitrogens with one attached hydrogen (secondary N) is 1. The fraction of sp³-hybridized carbons (Fsp3) is 0.238. The summed E-state index contributed by atoms with van der Waals surface area (Å²) in [6.07, 6.45) is 0.278. The Hall–Kier alpha value is -2.45. The number of rotatable bonds is 8. The van der Waals surface area contributed by atoms with Crippen LogP contribution in [0.15, 0.2) is 70.0 Å². The molecule has 0 bridgehead atoms. The Kier molecular flexibility index (Phi) is 6.31. The van der Waals surface area contributed by atoms with E-state index in [1.165, 1.54) is 12.1 Å². The van der Waals surface area contributed by atoms with E-state index in [9.17, 15) is 13.5 Å². The van der Waals surface area contributed by atoms with E-state index in [1.807, 2.05) is 36.4 Å². The third-order valence-electron chi connectivity index (χ3n) is 4.48. The smallest absolute Gasteiger partial charge is 0.238 e. The van der Waals surface area contributed by atoms with Gasteiger partial charge >= 0.3 is 0 Å². The zero-order chi connectivity index (χ0) is 20.1. The molecule has 0 radical (unpaired) electrons. The van der Waals surface area contributed by atoms with E-state index < -0.39 is 16.1 Å². The summed E-state index contributed by atoms with van der Waals surface area (Å²) >= 11 is 0. The lowest BCUT2D eigenvalue weighted by molar-refractivity contribution is 0.199. The van der Waals surface area contributed by atoms with Gasteiger partial charge in [0.2, 0.25) is 10.0 Å². The number of benzene rings is 2. The molecule has 0 fully saturated rings. The zero-order valence-electron chi connectivity index (χ0n) is 15.6. The van der Waals surface area contributed by atoms with Gasteiger partial charge in [-0.1, -0.05) is 36.4 Å². The first-order chi connectivity index (χ1) is 13.3. The molecule has 1 atom stereocenters. The average molecular weight is 401 g/mol. The topological polar surface area (TPSA) is 106 Å². The lowest BCUT2D eigenvalue weighted by Crippen LogP contribution is -2.16. The van der Waals surface area contributed by atoms with Gasteiger partial charge in [-0.05, 0) is 55.3 Å². The van der Waals surface area contributed by atoms with Crippen molar-refractivity contribution in [2.24, 2.45) is 5.14 Å². The largest absolute Gasteiger partial charge is 0.460 e. The number of sulfonamides is 1. The molecule has 0 saturated carbocycles. The molecule has 1 aromatic heterocycles. The average Bonchev–Trinajstić information content (AvgIpc) is 3.14. The molecule has 0 aliphatic carbocycles. The first kappa shape index (κ1) is 20.3. The minimum atomic E-state index is -3.65. The van der Waals surface area contributed by atoms with Gasteiger partial charge in [0, 0.05) is 5.56 Å². The van der Waals surface area contributed by atoms with Crippen LogP contribution in [0.3, 0.4) is 0 Å². The molecular formula is C21H24N2O4S. The van der Waals surface area contributed by atoms with E-state index in [4.69, 9.17) is 9.56 Å². The fourth-order valence-electron chi connectivity index (χ4n) is 2.84. The molecule has 2 aromatic carbocycles. The minimum absolute atomic E-state index is 0.119. The molecule has 4 N–H and O–H groups in total. The van der Waals surface area contributed by atoms with Gasteiger partial charge in [0.15, 0.2) is 0 Å². The van der Waals surface area contributed by atoms with Crippen LogP contribution >= 0.6 is 0 Å². The SMILES string of the molecule is CC(O)c1ccc(-c2ccc(CNCCc3ccc(S(N)(=O)=O)cc3)o2)cc1. The highest BCUT2D eigenvalue weighted by molar-refractivity contribution is 7.89. The number of furan rings is 1. The number of hydrogen-bond acceptors (Lipinski definition) is 5. The predicted molar refractivity (Wildman–Crippen MR) is 108 cm³/mol. The van der Waals surface area contributed by atoms with Gasteiger partial charge in [-0.15, -0.1) is 0 Å². The van der Waals surface area contributed by atoms with Crippen molar-refractivity contribution in [2.45, 2.75) is 30.9 Å². The van der Waals surface area contributed by atoms with Gasteiger partial charge < -0.3 is 14.8 Å². The molecule has 0 amide bonds. The second kappa shape index (κ2) is 8.70. The van der Waals surface area contributed by atoms with Crippen molar-refractivity contribution in [1.82, 2.24) is 5.32 Å². The summed E-state index contributed by atoms with van der Waals surface area (Å²) < 4.78 is 28.4. The van der Waals surface area contributed by atoms with Crippen LogP contribution in [0.4, 0.5) is 0 Å². The second-order valence-electron chi connectivity index (χ2n) is 6.68. The Bertz CT molecular complexity index is 1010. The van der Waals surface area contributed by atoms with Crippen molar-refractivity contribution in [2.75, 3.05) is 6.54 Å². The molecule has 1 unspecified atom stereocenters. The number of aliphatic hydroxyl groups excluding tert-OH is 1. The van der Waals surface area contributed by atoms with Crippen LogP contribution in [0, 0.1) is 0 Å². The molecule has 6 nitrogen and oxygen atoms in total. The number of hydrogen-bond donors (Lipinski definition) is 3. The van der Waals surface area contributed by atoms with E-state index in [0.717, 1.165) is 41.2 Å². The Labute approximate surface area is 165 Å². The van der Waals surface area contributed by atoms with E-state index in [2.05, 4.69) is 5.32 Å². The molecule has 28 heavy (non-hydrogen) atoms. The maximum Gasteiger partial charge on any atom is 0.238 e. The van der Waals surface area contributed by atoms with Crippen LogP contribution in [0.2, 0.25) is 0 Å². The van der Waals surface area contributed by atoms with Crippen molar-refractivity contribution >= 4 is 10.0 Å². The fourth-order valence-corrected chi connectivity index (χ4v) is 3.36. The van der Waals surface area contributed by atoms with E-state index >= 15 is 0 Å². The summed E-state index contributed by atoms with van der Waals surface area (Å²) in [6, 6.07) is 18.1. The Morgan fingerprint density at radius 2 is 1.71 bits per heavy atom. The standard InChI is InChI=1S/C21H24N2O4S/c1-15(24)17-4-6-18(7-5-17)21-11-8-19(27-21)14-23-13-12-16-2-9-20(10-3-16)28(22,25)26/h2-11,15,23-24H,12-14H2,1H3,(H2,22,25,26). The van der Waals surface area contributed by atoms with Crippen LogP contribution in [-0.2, 0) is 23.0 Å². The lowest BCUT2D eigenvalue weighted by atomic mass is 10.1. The Morgan fingerprint density at radius 3 is 2.32 bits per heavy atom. The van der Waals surface area contributed by atoms with Gasteiger partial charge in [-0.2, -0.15) is 0 Å². The van der Waals surface area contributed by atoms with Crippen LogP contribution in [-0.4, -0.2) is 20.1 Å². The normalized spacial score (nSPS) is 12.8. The molecule has 0 saturated heterocycles. The van der Waals surface area contributed by atoms with Crippen LogP contribution < -0.4 is 10.5 Å². The van der Waals surface area contributed by atoms with Crippen LogP contribution in [0.25, 0.3) is 11.3 Å². The van der Waals surface area contributed by atoms with Crippen LogP contribution in [0.1, 0.15) is 29.9 Å². The monoisotopic (exact) mass is 400 g/mol. The molecule has 0 aliphatic heterocycles. The third-order valence-corrected chi connectivity index (χ3v) is 5.41. The van der Waals surface area contributed by atoms with Crippen molar-refractivity contribution in [1.29, 1.82) is 0 Å². The number of aliphatic hydroxyl groups is 1. The first-order valence-electron chi connectivity index (χ1n) is 9.02. The summed E-state index contributed by atoms with van der Waals surface area (Å²) in [6.45, 7) is 3.06. The maximum atomic E-state index is 11.3. The number of nitrogens with two attached hydrogens (primary N) is 1. The van der Waals surface area contributed by atoms with E-state index in [1.54, 1.807) is 19.1 Å². The Balaban J connectivity index is 1.49. The summed E-state index contributed by atoms with van der Waals surface area (Å²) in [5.74, 6) is 1.62. The number of primary sulfonamides is 1. The quantitative estimate of drug-likeness (QED) is 0.504. The second-order valence-corrected chi connectivity index (χ2v) is 8.24. The van der Waals surface area contributed by atoms with Gasteiger partial charge in [0.25, 0.3) is 0 Å². The highest BCUT2D eigenvalue weighted by atomic mass is 32.2. The molecule has 1 heterocycles. The van der Waals surface area contributed by atoms with Gasteiger partial charge in [-0.25, -0.2) is 13.6 Å². The maximum absolute atomic E-state index is 11.3. The molecule has 148 valence electrons. The minimum Gasteiger partial charge on any atom is -0.460 e. The molecule has 7 heteroatoms. The summed E-state index contributed by atoms with van der Waals surface area (Å²) in [5, 5.41) is 18.0. The highest BCUT2D eigenvalue weighted by Crippen LogP contribution is 2.24. The third kappa shape index (κ3) is 5.30. The van der Waals surface area contributed by atoms with Crippen molar-refractivity contribution in [3.05, 3.63) is 77.6 Å². The Morgan fingerprint density at radius 1 is 1.04 bits per heavy atom. The molecule has 3 rings (SSSR count). The summed E-state index contributed by atoms with van der Waals surface area (Å²) in [5.41, 5.74) is 2.86. The first-order valence-corrected chi connectivity index (χ1v) is 10.6. The highest BCUT2D eigenvalue weighted by Gasteiger charge is 2.08. The molecular weight excluding hydrogens is 376 g/mol. The summed E-state index contributed by atoms with van der Waals surface area (Å²) in [4.78, 5) is 0.119. The van der Waals surface area contributed by atoms with Crippen molar-refractivity contribution in [3.8, 4) is 11.3 Å². The van der Waals surface area contributed by atoms with Crippen molar-refractivity contribution in [3.63, 3.8) is 0 Å². The molecule has 3 aromatic rings. The zero-order valence-corrected chi connectivity index (χ0v) is 16.4. The van der Waals surface area contributed by atoms with Gasteiger partial charge in [0.1, 0.15) is 11.5 Å². The molecule has 0 aliphatic rings. The van der Waals surface area contributed by atoms with E-state index in [-0.39, 0.29) is 4.90 Å². The predicted octanol–water partition coefficient (Wildman–Crippen LogP) is 2.98. The van der Waals surface area contributed by atoms with Gasteiger partial charge in [0.05, 0.1) is 17.5 Å². The lowest BCUT2D eigenvalue weighted by Gasteiger charge is -2.05. The summed E-state index contributed by atoms with van der Waals surface area (Å²) in [7, 11) is -3.65.